The molecule has 0 radical (unpaired) electrons. The fourth-order valence-electron chi connectivity index (χ4n) is 1.80. The lowest BCUT2D eigenvalue weighted by Crippen LogP contribution is -2.45. The maximum Gasteiger partial charge on any atom is 0.237 e. The van der Waals surface area contributed by atoms with Crippen LogP contribution in [0, 0.1) is 0 Å². The molecule has 0 unspecified atom stereocenters. The van der Waals surface area contributed by atoms with Gasteiger partial charge in [0.05, 0.1) is 6.04 Å². The Kier molecular flexibility index (Phi) is 6.22. The summed E-state index contributed by atoms with van der Waals surface area (Å²) < 4.78 is 0. The summed E-state index contributed by atoms with van der Waals surface area (Å²) in [5.41, 5.74) is 0. The van der Waals surface area contributed by atoms with E-state index in [0.29, 0.717) is 0 Å². The Morgan fingerprint density at radius 3 is 2.82 bits per heavy atom. The first-order valence-electron chi connectivity index (χ1n) is 6.19. The van der Waals surface area contributed by atoms with Gasteiger partial charge in [-0.3, -0.25) is 9.69 Å². The van der Waals surface area contributed by atoms with Gasteiger partial charge < -0.3 is 5.32 Å². The molecule has 4 heteroatoms. The van der Waals surface area contributed by atoms with Crippen LogP contribution in [-0.4, -0.2) is 37.0 Å². The minimum Gasteiger partial charge on any atom is -0.354 e. The predicted molar refractivity (Wildman–Crippen MR) is 73.4 cm³/mol. The third-order valence-electron chi connectivity index (χ3n) is 2.97. The van der Waals surface area contributed by atoms with E-state index in [9.17, 15) is 4.79 Å². The fraction of sp³-hybridized carbons (Fsp3) is 0.615. The Hall–Kier alpha value is -0.870. The maximum atomic E-state index is 12.0. The standard InChI is InChI=1S/C13H22N2OS/c1-4-12(15(3)5-2)13(16)14-9-8-11-7-6-10-17-11/h6-7,10,12H,4-5,8-9H2,1-3H3,(H,14,16)/t12-/m0/s1. The normalized spacial score (nSPS) is 12.7. The van der Waals surface area contributed by atoms with Gasteiger partial charge in [-0.1, -0.05) is 19.9 Å². The molecular weight excluding hydrogens is 232 g/mol. The third-order valence-corrected chi connectivity index (χ3v) is 3.91. The van der Waals surface area contributed by atoms with E-state index in [1.165, 1.54) is 4.88 Å². The average Bonchev–Trinajstić information content (AvgIpc) is 2.82. The minimum atomic E-state index is 0.00309. The molecule has 0 spiro atoms. The lowest BCUT2D eigenvalue weighted by Gasteiger charge is -2.24. The van der Waals surface area contributed by atoms with E-state index in [1.54, 1.807) is 11.3 Å². The molecule has 0 saturated heterocycles. The molecule has 0 aromatic carbocycles. The van der Waals surface area contributed by atoms with E-state index in [4.69, 9.17) is 0 Å². The number of nitrogens with one attached hydrogen (secondary N) is 1. The minimum absolute atomic E-state index is 0.00309. The van der Waals surface area contributed by atoms with Gasteiger partial charge in [0.15, 0.2) is 0 Å². The van der Waals surface area contributed by atoms with Crippen LogP contribution in [0.25, 0.3) is 0 Å². The molecule has 1 amide bonds. The van der Waals surface area contributed by atoms with Crippen molar-refractivity contribution in [3.8, 4) is 0 Å². The summed E-state index contributed by atoms with van der Waals surface area (Å²) in [6.45, 7) is 5.75. The predicted octanol–water partition coefficient (Wildman–Crippen LogP) is 2.14. The van der Waals surface area contributed by atoms with Crippen molar-refractivity contribution >= 4 is 17.2 Å². The molecule has 1 atom stereocenters. The van der Waals surface area contributed by atoms with Crippen molar-refractivity contribution in [3.63, 3.8) is 0 Å². The molecule has 0 saturated carbocycles. The number of nitrogens with zero attached hydrogens (tertiary/aromatic N) is 1. The number of hydrogen-bond acceptors (Lipinski definition) is 3. The maximum absolute atomic E-state index is 12.0. The van der Waals surface area contributed by atoms with Crippen LogP contribution >= 0.6 is 11.3 Å². The Morgan fingerprint density at radius 1 is 1.53 bits per heavy atom. The third kappa shape index (κ3) is 4.48. The van der Waals surface area contributed by atoms with E-state index < -0.39 is 0 Å². The second-order valence-corrected chi connectivity index (χ2v) is 5.15. The zero-order valence-corrected chi connectivity index (χ0v) is 11.7. The van der Waals surface area contributed by atoms with E-state index >= 15 is 0 Å². The van der Waals surface area contributed by atoms with Gasteiger partial charge in [0.2, 0.25) is 5.91 Å². The Bertz CT molecular complexity index is 324. The van der Waals surface area contributed by atoms with E-state index in [0.717, 1.165) is 25.9 Å². The summed E-state index contributed by atoms with van der Waals surface area (Å²) in [5, 5.41) is 5.08. The first-order valence-corrected chi connectivity index (χ1v) is 7.07. The van der Waals surface area contributed by atoms with E-state index in [2.05, 4.69) is 35.5 Å². The highest BCUT2D eigenvalue weighted by Gasteiger charge is 2.19. The average molecular weight is 254 g/mol. The summed E-state index contributed by atoms with van der Waals surface area (Å²) in [6.07, 6.45) is 1.78. The van der Waals surface area contributed by atoms with Crippen LogP contribution in [0.4, 0.5) is 0 Å². The highest BCUT2D eigenvalue weighted by Crippen LogP contribution is 2.08. The van der Waals surface area contributed by atoms with Gasteiger partial charge in [0, 0.05) is 11.4 Å². The molecule has 0 fully saturated rings. The Morgan fingerprint density at radius 2 is 2.29 bits per heavy atom. The van der Waals surface area contributed by atoms with Gasteiger partial charge in [-0.15, -0.1) is 11.3 Å². The Labute approximate surface area is 108 Å². The summed E-state index contributed by atoms with van der Waals surface area (Å²) in [4.78, 5) is 15.4. The monoisotopic (exact) mass is 254 g/mol. The highest BCUT2D eigenvalue weighted by molar-refractivity contribution is 7.09. The smallest absolute Gasteiger partial charge is 0.237 e. The molecule has 3 nitrogen and oxygen atoms in total. The van der Waals surface area contributed by atoms with E-state index in [-0.39, 0.29) is 11.9 Å². The second-order valence-electron chi connectivity index (χ2n) is 4.12. The van der Waals surface area contributed by atoms with Crippen molar-refractivity contribution in [2.75, 3.05) is 20.1 Å². The van der Waals surface area contributed by atoms with E-state index in [1.807, 2.05) is 13.1 Å². The fourth-order valence-corrected chi connectivity index (χ4v) is 2.51. The summed E-state index contributed by atoms with van der Waals surface area (Å²) in [5.74, 6) is 0.147. The van der Waals surface area contributed by atoms with Gasteiger partial charge in [-0.05, 0) is 37.9 Å². The van der Waals surface area contributed by atoms with Crippen LogP contribution in [-0.2, 0) is 11.2 Å². The molecule has 0 bridgehead atoms. The number of thiophene rings is 1. The molecule has 0 aliphatic rings. The quantitative estimate of drug-likeness (QED) is 0.808. The van der Waals surface area contributed by atoms with Gasteiger partial charge >= 0.3 is 0 Å². The van der Waals surface area contributed by atoms with Crippen molar-refractivity contribution in [1.82, 2.24) is 10.2 Å². The molecule has 1 heterocycles. The van der Waals surface area contributed by atoms with Crippen molar-refractivity contribution in [2.45, 2.75) is 32.7 Å². The van der Waals surface area contributed by atoms with Crippen molar-refractivity contribution < 1.29 is 4.79 Å². The lowest BCUT2D eigenvalue weighted by atomic mass is 10.2. The van der Waals surface area contributed by atoms with Crippen molar-refractivity contribution in [2.24, 2.45) is 0 Å². The van der Waals surface area contributed by atoms with Gasteiger partial charge in [0.25, 0.3) is 0 Å². The molecule has 1 aromatic rings. The van der Waals surface area contributed by atoms with Crippen molar-refractivity contribution in [1.29, 1.82) is 0 Å². The number of rotatable bonds is 7. The molecule has 1 aromatic heterocycles. The number of carbonyl (C=O) groups excluding carboxylic acids is 1. The molecule has 96 valence electrons. The zero-order valence-electron chi connectivity index (χ0n) is 10.9. The number of likely N-dealkylation sites (N-methyl/N-ethyl adjacent to an activating group) is 1. The largest absolute Gasteiger partial charge is 0.354 e. The number of amides is 1. The Balaban J connectivity index is 2.32. The first-order chi connectivity index (χ1) is 8.19. The first kappa shape index (κ1) is 14.2. The summed E-state index contributed by atoms with van der Waals surface area (Å²) in [6, 6.07) is 4.15. The number of carbonyl (C=O) groups is 1. The van der Waals surface area contributed by atoms with Crippen LogP contribution in [0.1, 0.15) is 25.1 Å². The van der Waals surface area contributed by atoms with Gasteiger partial charge in [0.1, 0.15) is 0 Å². The lowest BCUT2D eigenvalue weighted by molar-refractivity contribution is -0.126. The van der Waals surface area contributed by atoms with Crippen LogP contribution in [0.2, 0.25) is 0 Å². The van der Waals surface area contributed by atoms with Crippen LogP contribution < -0.4 is 5.32 Å². The molecule has 0 aliphatic carbocycles. The molecule has 0 aliphatic heterocycles. The zero-order chi connectivity index (χ0) is 12.7. The molecule has 17 heavy (non-hydrogen) atoms. The van der Waals surface area contributed by atoms with Crippen LogP contribution in [0.3, 0.4) is 0 Å². The highest BCUT2D eigenvalue weighted by atomic mass is 32.1. The van der Waals surface area contributed by atoms with Crippen LogP contribution in [0.5, 0.6) is 0 Å². The second kappa shape index (κ2) is 7.45. The SMILES string of the molecule is CC[C@@H](C(=O)NCCc1cccs1)N(C)CC. The summed E-state index contributed by atoms with van der Waals surface area (Å²) >= 11 is 1.74. The van der Waals surface area contributed by atoms with Crippen LogP contribution in [0.15, 0.2) is 17.5 Å². The van der Waals surface area contributed by atoms with Gasteiger partial charge in [-0.25, -0.2) is 0 Å². The van der Waals surface area contributed by atoms with Gasteiger partial charge in [-0.2, -0.15) is 0 Å². The number of hydrogen-bond donors (Lipinski definition) is 1. The molecular formula is C13H22N2OS. The molecule has 1 N–H and O–H groups in total. The topological polar surface area (TPSA) is 32.3 Å². The molecule has 1 rings (SSSR count). The summed E-state index contributed by atoms with van der Waals surface area (Å²) in [7, 11) is 1.99. The van der Waals surface area contributed by atoms with Crippen molar-refractivity contribution in [3.05, 3.63) is 22.4 Å².